The first-order valence-corrected chi connectivity index (χ1v) is 8.88. The van der Waals surface area contributed by atoms with Gasteiger partial charge in [0.2, 0.25) is 0 Å². The van der Waals surface area contributed by atoms with Crippen molar-refractivity contribution in [2.45, 2.75) is 31.0 Å². The van der Waals surface area contributed by atoms with Gasteiger partial charge in [-0.05, 0) is 50.2 Å². The number of imidazole rings is 1. The van der Waals surface area contributed by atoms with Gasteiger partial charge in [0.15, 0.2) is 11.5 Å². The van der Waals surface area contributed by atoms with Crippen LogP contribution in [-0.2, 0) is 5.92 Å². The van der Waals surface area contributed by atoms with Crippen LogP contribution >= 0.6 is 0 Å². The SMILES string of the molecule is FC(F)(F)C(F)(F)c1nc2cncnc2n1-c1ccc(OC2CCNCC2)cc1. The molecule has 0 spiro atoms. The molecule has 1 fully saturated rings. The molecular formula is C18H16F5N5O. The minimum atomic E-state index is -5.81. The number of ether oxygens (including phenoxy) is 1. The highest BCUT2D eigenvalue weighted by molar-refractivity contribution is 5.73. The van der Waals surface area contributed by atoms with Crippen molar-refractivity contribution in [3.8, 4) is 11.4 Å². The first kappa shape index (κ1) is 19.5. The van der Waals surface area contributed by atoms with Gasteiger partial charge in [0.05, 0.1) is 6.20 Å². The standard InChI is InChI=1S/C18H16F5N5O/c19-17(20,18(21,22)23)16-27-14-9-25-10-26-15(14)28(16)11-1-3-12(4-2-11)29-13-5-7-24-8-6-13/h1-4,9-10,13,24H,5-8H2. The maximum absolute atomic E-state index is 14.1. The third kappa shape index (κ3) is 3.61. The highest BCUT2D eigenvalue weighted by atomic mass is 19.4. The van der Waals surface area contributed by atoms with Crippen molar-refractivity contribution in [3.63, 3.8) is 0 Å². The van der Waals surface area contributed by atoms with Crippen molar-refractivity contribution in [2.24, 2.45) is 0 Å². The van der Waals surface area contributed by atoms with Gasteiger partial charge in [-0.3, -0.25) is 4.57 Å². The van der Waals surface area contributed by atoms with Crippen LogP contribution in [0, 0.1) is 0 Å². The number of piperidine rings is 1. The summed E-state index contributed by atoms with van der Waals surface area (Å²) in [7, 11) is 0. The van der Waals surface area contributed by atoms with Crippen LogP contribution in [0.5, 0.6) is 5.75 Å². The second-order valence-corrected chi connectivity index (χ2v) is 6.64. The number of halogens is 5. The molecule has 1 aliphatic rings. The predicted molar refractivity (Wildman–Crippen MR) is 93.1 cm³/mol. The van der Waals surface area contributed by atoms with Crippen molar-refractivity contribution >= 4 is 11.2 Å². The monoisotopic (exact) mass is 413 g/mol. The molecule has 6 nitrogen and oxygen atoms in total. The normalized spacial score (nSPS) is 16.3. The zero-order valence-corrected chi connectivity index (χ0v) is 15.0. The molecule has 154 valence electrons. The number of fused-ring (bicyclic) bond motifs is 1. The minimum Gasteiger partial charge on any atom is -0.490 e. The van der Waals surface area contributed by atoms with Gasteiger partial charge >= 0.3 is 12.1 Å². The van der Waals surface area contributed by atoms with Crippen molar-refractivity contribution in [3.05, 3.63) is 42.6 Å². The van der Waals surface area contributed by atoms with Crippen LogP contribution in [0.1, 0.15) is 18.7 Å². The summed E-state index contributed by atoms with van der Waals surface area (Å²) in [6, 6.07) is 5.85. The molecule has 29 heavy (non-hydrogen) atoms. The molecule has 2 aromatic heterocycles. The Balaban J connectivity index is 1.74. The van der Waals surface area contributed by atoms with Crippen LogP contribution < -0.4 is 10.1 Å². The number of nitrogens with zero attached hydrogens (tertiary/aromatic N) is 4. The van der Waals surface area contributed by atoms with Gasteiger partial charge in [-0.25, -0.2) is 15.0 Å². The molecule has 3 heterocycles. The highest BCUT2D eigenvalue weighted by Crippen LogP contribution is 2.44. The van der Waals surface area contributed by atoms with Crippen molar-refractivity contribution in [1.29, 1.82) is 0 Å². The predicted octanol–water partition coefficient (Wildman–Crippen LogP) is 3.60. The Hall–Kier alpha value is -2.82. The van der Waals surface area contributed by atoms with Gasteiger partial charge in [0.1, 0.15) is 23.7 Å². The summed E-state index contributed by atoms with van der Waals surface area (Å²) in [6.45, 7) is 1.67. The molecule has 0 saturated carbocycles. The van der Waals surface area contributed by atoms with E-state index in [2.05, 4.69) is 20.3 Å². The fourth-order valence-electron chi connectivity index (χ4n) is 3.19. The van der Waals surface area contributed by atoms with Gasteiger partial charge < -0.3 is 10.1 Å². The summed E-state index contributed by atoms with van der Waals surface area (Å²) in [5.41, 5.74) is -0.254. The van der Waals surface area contributed by atoms with Crippen molar-refractivity contribution in [1.82, 2.24) is 24.8 Å². The molecule has 4 rings (SSSR count). The van der Waals surface area contributed by atoms with Gasteiger partial charge in [0.25, 0.3) is 0 Å². The third-order valence-electron chi connectivity index (χ3n) is 4.64. The second kappa shape index (κ2) is 7.21. The van der Waals surface area contributed by atoms with Gasteiger partial charge in [0, 0.05) is 5.69 Å². The lowest BCUT2D eigenvalue weighted by atomic mass is 10.1. The number of alkyl halides is 5. The van der Waals surface area contributed by atoms with E-state index in [1.807, 2.05) is 0 Å². The average Bonchev–Trinajstić information content (AvgIpc) is 3.09. The maximum Gasteiger partial charge on any atom is 0.461 e. The quantitative estimate of drug-likeness (QED) is 0.663. The largest absolute Gasteiger partial charge is 0.490 e. The van der Waals surface area contributed by atoms with E-state index in [1.54, 1.807) is 0 Å². The van der Waals surface area contributed by atoms with E-state index in [4.69, 9.17) is 4.74 Å². The lowest BCUT2D eigenvalue weighted by molar-refractivity contribution is -0.292. The van der Waals surface area contributed by atoms with Crippen LogP contribution in [0.2, 0.25) is 0 Å². The van der Waals surface area contributed by atoms with Crippen molar-refractivity contribution < 1.29 is 26.7 Å². The lowest BCUT2D eigenvalue weighted by Crippen LogP contribution is -2.36. The zero-order chi connectivity index (χ0) is 20.6. The number of aromatic nitrogens is 4. The maximum atomic E-state index is 14.1. The summed E-state index contributed by atoms with van der Waals surface area (Å²) in [5, 5.41) is 3.21. The van der Waals surface area contributed by atoms with E-state index in [0.717, 1.165) is 38.5 Å². The summed E-state index contributed by atoms with van der Waals surface area (Å²) < 4.78 is 73.8. The fourth-order valence-corrected chi connectivity index (χ4v) is 3.19. The Morgan fingerprint density at radius 3 is 2.38 bits per heavy atom. The first-order valence-electron chi connectivity index (χ1n) is 8.88. The Bertz CT molecular complexity index is 996. The number of nitrogens with one attached hydrogen (secondary N) is 1. The van der Waals surface area contributed by atoms with E-state index in [0.29, 0.717) is 10.3 Å². The third-order valence-corrected chi connectivity index (χ3v) is 4.64. The fraction of sp³-hybridized carbons (Fsp3) is 0.389. The molecule has 1 aliphatic heterocycles. The number of benzene rings is 1. The molecule has 1 N–H and O–H groups in total. The van der Waals surface area contributed by atoms with Crippen LogP contribution in [0.4, 0.5) is 22.0 Å². The van der Waals surface area contributed by atoms with E-state index >= 15 is 0 Å². The van der Waals surface area contributed by atoms with E-state index in [-0.39, 0.29) is 23.0 Å². The molecule has 0 aliphatic carbocycles. The van der Waals surface area contributed by atoms with Crippen LogP contribution in [0.3, 0.4) is 0 Å². The molecule has 1 aromatic carbocycles. The number of hydrogen-bond acceptors (Lipinski definition) is 5. The molecule has 0 radical (unpaired) electrons. The zero-order valence-electron chi connectivity index (χ0n) is 15.0. The molecule has 3 aromatic rings. The summed E-state index contributed by atoms with van der Waals surface area (Å²) in [6.07, 6.45) is -1.99. The second-order valence-electron chi connectivity index (χ2n) is 6.64. The van der Waals surface area contributed by atoms with E-state index in [9.17, 15) is 22.0 Å². The highest BCUT2D eigenvalue weighted by Gasteiger charge is 2.62. The smallest absolute Gasteiger partial charge is 0.461 e. The number of rotatable bonds is 4. The average molecular weight is 413 g/mol. The van der Waals surface area contributed by atoms with Gasteiger partial charge in [-0.15, -0.1) is 0 Å². The molecule has 0 atom stereocenters. The molecule has 0 amide bonds. The molecule has 11 heteroatoms. The Morgan fingerprint density at radius 2 is 1.72 bits per heavy atom. The topological polar surface area (TPSA) is 64.9 Å². The van der Waals surface area contributed by atoms with Gasteiger partial charge in [-0.1, -0.05) is 0 Å². The van der Waals surface area contributed by atoms with Gasteiger partial charge in [-0.2, -0.15) is 22.0 Å². The first-order chi connectivity index (χ1) is 13.8. The Morgan fingerprint density at radius 1 is 1.03 bits per heavy atom. The molecule has 1 saturated heterocycles. The Labute approximate surface area is 161 Å². The van der Waals surface area contributed by atoms with Crippen molar-refractivity contribution in [2.75, 3.05) is 13.1 Å². The lowest BCUT2D eigenvalue weighted by Gasteiger charge is -2.24. The number of hydrogen-bond donors (Lipinski definition) is 1. The molecular weight excluding hydrogens is 397 g/mol. The van der Waals surface area contributed by atoms with E-state index < -0.39 is 17.9 Å². The van der Waals surface area contributed by atoms with E-state index in [1.165, 1.54) is 24.3 Å². The van der Waals surface area contributed by atoms with Crippen LogP contribution in [0.25, 0.3) is 16.9 Å². The molecule has 0 bridgehead atoms. The summed E-state index contributed by atoms with van der Waals surface area (Å²) in [5.74, 6) is -6.13. The Kier molecular flexibility index (Phi) is 4.85. The van der Waals surface area contributed by atoms with Crippen LogP contribution in [0.15, 0.2) is 36.8 Å². The minimum absolute atomic E-state index is 0.0223. The summed E-state index contributed by atoms with van der Waals surface area (Å²) in [4.78, 5) is 11.0. The summed E-state index contributed by atoms with van der Waals surface area (Å²) >= 11 is 0. The molecule has 0 unspecified atom stereocenters. The van der Waals surface area contributed by atoms with Crippen LogP contribution in [-0.4, -0.2) is 44.9 Å².